The fourth-order valence-corrected chi connectivity index (χ4v) is 1.52. The van der Waals surface area contributed by atoms with E-state index >= 15 is 0 Å². The van der Waals surface area contributed by atoms with Crippen LogP contribution >= 0.6 is 0 Å². The number of hydrogen-bond acceptors (Lipinski definition) is 3. The highest BCUT2D eigenvalue weighted by molar-refractivity contribution is 5.92. The molecule has 0 spiro atoms. The van der Waals surface area contributed by atoms with Gasteiger partial charge in [-0.3, -0.25) is 4.79 Å². The zero-order valence-corrected chi connectivity index (χ0v) is 9.55. The molecule has 0 atom stereocenters. The van der Waals surface area contributed by atoms with Crippen molar-refractivity contribution in [3.05, 3.63) is 42.5 Å². The van der Waals surface area contributed by atoms with Gasteiger partial charge in [0.15, 0.2) is 0 Å². The van der Waals surface area contributed by atoms with Crippen molar-refractivity contribution in [3.8, 4) is 0 Å². The van der Waals surface area contributed by atoms with Crippen LogP contribution in [0.1, 0.15) is 5.56 Å². The minimum atomic E-state index is -0.100. The molecular weight excluding hydrogens is 216 g/mol. The maximum absolute atomic E-state index is 11.7. The molecule has 2 aromatic rings. The Labute approximate surface area is 99.3 Å². The SMILES string of the molecule is Cc1c(N)cccc1NC(=O)Cn1ccnc1. The lowest BCUT2D eigenvalue weighted by Gasteiger charge is -2.10. The molecule has 0 radical (unpaired) electrons. The molecule has 5 heteroatoms. The number of nitrogens with two attached hydrogens (primary N) is 1. The molecule has 0 aliphatic carbocycles. The Morgan fingerprint density at radius 3 is 3.06 bits per heavy atom. The molecule has 0 unspecified atom stereocenters. The Kier molecular flexibility index (Phi) is 3.09. The number of amides is 1. The first kappa shape index (κ1) is 11.2. The summed E-state index contributed by atoms with van der Waals surface area (Å²) in [5, 5.41) is 2.82. The van der Waals surface area contributed by atoms with Gasteiger partial charge < -0.3 is 15.6 Å². The second-order valence-corrected chi connectivity index (χ2v) is 3.80. The highest BCUT2D eigenvalue weighted by atomic mass is 16.1. The molecule has 0 bridgehead atoms. The lowest BCUT2D eigenvalue weighted by atomic mass is 10.1. The van der Waals surface area contributed by atoms with Crippen molar-refractivity contribution in [2.45, 2.75) is 13.5 Å². The van der Waals surface area contributed by atoms with Crippen molar-refractivity contribution in [1.82, 2.24) is 9.55 Å². The molecule has 0 aliphatic rings. The second kappa shape index (κ2) is 4.69. The van der Waals surface area contributed by atoms with E-state index in [4.69, 9.17) is 5.73 Å². The van der Waals surface area contributed by atoms with Gasteiger partial charge in [-0.25, -0.2) is 4.98 Å². The van der Waals surface area contributed by atoms with Crippen molar-refractivity contribution in [1.29, 1.82) is 0 Å². The van der Waals surface area contributed by atoms with Crippen molar-refractivity contribution < 1.29 is 4.79 Å². The summed E-state index contributed by atoms with van der Waals surface area (Å²) in [6, 6.07) is 5.45. The average molecular weight is 230 g/mol. The predicted molar refractivity (Wildman–Crippen MR) is 66.4 cm³/mol. The number of benzene rings is 1. The average Bonchev–Trinajstić information content (AvgIpc) is 2.77. The van der Waals surface area contributed by atoms with E-state index in [1.54, 1.807) is 29.4 Å². The molecule has 0 saturated heterocycles. The molecule has 0 aliphatic heterocycles. The van der Waals surface area contributed by atoms with Crippen LogP contribution in [0.5, 0.6) is 0 Å². The number of carbonyl (C=O) groups excluding carboxylic acids is 1. The van der Waals surface area contributed by atoms with Crippen LogP contribution in [0.4, 0.5) is 11.4 Å². The summed E-state index contributed by atoms with van der Waals surface area (Å²) in [6.07, 6.45) is 4.98. The van der Waals surface area contributed by atoms with Gasteiger partial charge in [0.2, 0.25) is 5.91 Å². The smallest absolute Gasteiger partial charge is 0.244 e. The van der Waals surface area contributed by atoms with E-state index in [2.05, 4.69) is 10.3 Å². The number of carbonyl (C=O) groups is 1. The number of rotatable bonds is 3. The Balaban J connectivity index is 2.06. The maximum Gasteiger partial charge on any atom is 0.244 e. The van der Waals surface area contributed by atoms with Crippen LogP contribution in [0, 0.1) is 6.92 Å². The molecule has 0 saturated carbocycles. The molecule has 17 heavy (non-hydrogen) atoms. The van der Waals surface area contributed by atoms with Gasteiger partial charge in [-0.1, -0.05) is 6.07 Å². The van der Waals surface area contributed by atoms with Gasteiger partial charge in [0.25, 0.3) is 0 Å². The fraction of sp³-hybridized carbons (Fsp3) is 0.167. The van der Waals surface area contributed by atoms with E-state index in [1.165, 1.54) is 0 Å². The third kappa shape index (κ3) is 2.63. The highest BCUT2D eigenvalue weighted by Crippen LogP contribution is 2.20. The van der Waals surface area contributed by atoms with Crippen LogP contribution in [0.2, 0.25) is 0 Å². The Morgan fingerprint density at radius 2 is 2.35 bits per heavy atom. The van der Waals surface area contributed by atoms with Gasteiger partial charge in [0.1, 0.15) is 6.54 Å². The minimum Gasteiger partial charge on any atom is -0.398 e. The fourth-order valence-electron chi connectivity index (χ4n) is 1.52. The Bertz CT molecular complexity index is 519. The summed E-state index contributed by atoms with van der Waals surface area (Å²) in [4.78, 5) is 15.6. The zero-order chi connectivity index (χ0) is 12.3. The van der Waals surface area contributed by atoms with Crippen molar-refractivity contribution in [3.63, 3.8) is 0 Å². The molecule has 1 amide bonds. The Morgan fingerprint density at radius 1 is 1.53 bits per heavy atom. The molecule has 3 N–H and O–H groups in total. The molecule has 5 nitrogen and oxygen atoms in total. The largest absolute Gasteiger partial charge is 0.398 e. The number of anilines is 2. The van der Waals surface area contributed by atoms with Gasteiger partial charge >= 0.3 is 0 Å². The first-order chi connectivity index (χ1) is 8.16. The summed E-state index contributed by atoms with van der Waals surface area (Å²) in [7, 11) is 0. The number of nitrogens with one attached hydrogen (secondary N) is 1. The number of nitrogens with zero attached hydrogens (tertiary/aromatic N) is 2. The van der Waals surface area contributed by atoms with Crippen LogP contribution in [-0.4, -0.2) is 15.5 Å². The number of imidazole rings is 1. The summed E-state index contributed by atoms with van der Waals surface area (Å²) >= 11 is 0. The summed E-state index contributed by atoms with van der Waals surface area (Å²) < 4.78 is 1.71. The molecule has 0 fully saturated rings. The topological polar surface area (TPSA) is 72.9 Å². The summed E-state index contributed by atoms with van der Waals surface area (Å²) in [5.74, 6) is -0.100. The third-order valence-electron chi connectivity index (χ3n) is 2.54. The van der Waals surface area contributed by atoms with Gasteiger partial charge in [0, 0.05) is 23.8 Å². The monoisotopic (exact) mass is 230 g/mol. The predicted octanol–water partition coefficient (Wildman–Crippen LogP) is 1.41. The molecular formula is C12H14N4O. The molecule has 1 aromatic carbocycles. The van der Waals surface area contributed by atoms with Gasteiger partial charge in [-0.15, -0.1) is 0 Å². The lowest BCUT2D eigenvalue weighted by molar-refractivity contribution is -0.116. The van der Waals surface area contributed by atoms with Crippen LogP contribution < -0.4 is 11.1 Å². The molecule has 88 valence electrons. The van der Waals surface area contributed by atoms with Gasteiger partial charge in [0.05, 0.1) is 6.33 Å². The third-order valence-corrected chi connectivity index (χ3v) is 2.54. The lowest BCUT2D eigenvalue weighted by Crippen LogP contribution is -2.18. The van der Waals surface area contributed by atoms with Crippen LogP contribution in [-0.2, 0) is 11.3 Å². The Hall–Kier alpha value is -2.30. The standard InChI is InChI=1S/C12H14N4O/c1-9-10(13)3-2-4-11(9)15-12(17)7-16-6-5-14-8-16/h2-6,8H,7,13H2,1H3,(H,15,17). The van der Waals surface area contributed by atoms with E-state index in [1.807, 2.05) is 19.1 Å². The molecule has 2 rings (SSSR count). The van der Waals surface area contributed by atoms with Crippen molar-refractivity contribution in [2.75, 3.05) is 11.1 Å². The number of hydrogen-bond donors (Lipinski definition) is 2. The van der Waals surface area contributed by atoms with Gasteiger partial charge in [-0.05, 0) is 24.6 Å². The normalized spacial score (nSPS) is 10.2. The highest BCUT2D eigenvalue weighted by Gasteiger charge is 2.06. The second-order valence-electron chi connectivity index (χ2n) is 3.80. The van der Waals surface area contributed by atoms with E-state index in [0.717, 1.165) is 11.3 Å². The number of aromatic nitrogens is 2. The molecule has 1 heterocycles. The van der Waals surface area contributed by atoms with E-state index in [-0.39, 0.29) is 12.5 Å². The first-order valence-electron chi connectivity index (χ1n) is 5.27. The van der Waals surface area contributed by atoms with Crippen molar-refractivity contribution >= 4 is 17.3 Å². The van der Waals surface area contributed by atoms with E-state index in [0.29, 0.717) is 5.69 Å². The van der Waals surface area contributed by atoms with Crippen LogP contribution in [0.3, 0.4) is 0 Å². The van der Waals surface area contributed by atoms with Crippen molar-refractivity contribution in [2.24, 2.45) is 0 Å². The summed E-state index contributed by atoms with van der Waals surface area (Å²) in [6.45, 7) is 2.12. The quantitative estimate of drug-likeness (QED) is 0.783. The minimum absolute atomic E-state index is 0.100. The van der Waals surface area contributed by atoms with E-state index < -0.39 is 0 Å². The maximum atomic E-state index is 11.7. The van der Waals surface area contributed by atoms with Gasteiger partial charge in [-0.2, -0.15) is 0 Å². The van der Waals surface area contributed by atoms with E-state index in [9.17, 15) is 4.79 Å². The molecule has 1 aromatic heterocycles. The number of nitrogen functional groups attached to an aromatic ring is 1. The summed E-state index contributed by atoms with van der Waals surface area (Å²) in [5.41, 5.74) is 8.06. The van der Waals surface area contributed by atoms with Crippen LogP contribution in [0.25, 0.3) is 0 Å². The zero-order valence-electron chi connectivity index (χ0n) is 9.55. The first-order valence-corrected chi connectivity index (χ1v) is 5.27. The van der Waals surface area contributed by atoms with Crippen LogP contribution in [0.15, 0.2) is 36.9 Å².